The van der Waals surface area contributed by atoms with Gasteiger partial charge in [-0.1, -0.05) is 53.4 Å². The first-order valence-corrected chi connectivity index (χ1v) is 7.77. The molecular weight excluding hydrogens is 280 g/mol. The highest BCUT2D eigenvalue weighted by Crippen LogP contribution is 2.22. The summed E-state index contributed by atoms with van der Waals surface area (Å²) in [6.45, 7) is 2.78. The summed E-state index contributed by atoms with van der Waals surface area (Å²) in [6, 6.07) is 9.93. The number of rotatable bonds is 7. The molecule has 2 aromatic rings. The van der Waals surface area contributed by atoms with Gasteiger partial charge in [0.05, 0.1) is 19.3 Å². The zero-order valence-corrected chi connectivity index (χ0v) is 12.3. The largest absolute Gasteiger partial charge is 0.390 e. The van der Waals surface area contributed by atoms with Crippen LogP contribution in [0.25, 0.3) is 0 Å². The Hall–Kier alpha value is -0.950. The summed E-state index contributed by atoms with van der Waals surface area (Å²) in [4.78, 5) is 0. The Balaban J connectivity index is 1.63. The molecule has 0 fully saturated rings. The van der Waals surface area contributed by atoms with E-state index in [0.29, 0.717) is 19.0 Å². The minimum absolute atomic E-state index is 0.333. The smallest absolute Gasteiger partial charge is 0.174 e. The molecule has 1 aromatic heterocycles. The van der Waals surface area contributed by atoms with Crippen LogP contribution in [0.1, 0.15) is 10.6 Å². The average Bonchev–Trinajstić information content (AvgIpc) is 2.83. The van der Waals surface area contributed by atoms with Crippen molar-refractivity contribution in [3.8, 4) is 0 Å². The van der Waals surface area contributed by atoms with Gasteiger partial charge in [0.15, 0.2) is 4.34 Å². The lowest BCUT2D eigenvalue weighted by atomic mass is 10.2. The van der Waals surface area contributed by atoms with Crippen LogP contribution in [0.3, 0.4) is 0 Å². The third-order valence-corrected chi connectivity index (χ3v) is 4.45. The number of aryl methyl sites for hydroxylation is 1. The lowest BCUT2D eigenvalue weighted by molar-refractivity contribution is 0.0398. The first-order chi connectivity index (χ1) is 9.24. The van der Waals surface area contributed by atoms with Crippen LogP contribution in [0.4, 0.5) is 0 Å². The van der Waals surface area contributed by atoms with Crippen molar-refractivity contribution in [1.29, 1.82) is 0 Å². The number of aliphatic hydroxyl groups is 1. The zero-order chi connectivity index (χ0) is 13.5. The second-order valence-electron chi connectivity index (χ2n) is 4.05. The third-order valence-electron chi connectivity index (χ3n) is 2.33. The Kier molecular flexibility index (Phi) is 5.78. The number of benzene rings is 1. The van der Waals surface area contributed by atoms with E-state index in [1.165, 1.54) is 23.1 Å². The van der Waals surface area contributed by atoms with Gasteiger partial charge in [0, 0.05) is 5.75 Å². The lowest BCUT2D eigenvalue weighted by Crippen LogP contribution is -2.17. The van der Waals surface area contributed by atoms with Crippen LogP contribution in [0, 0.1) is 6.92 Å². The molecule has 4 nitrogen and oxygen atoms in total. The molecule has 0 aliphatic heterocycles. The molecule has 1 heterocycles. The molecular formula is C13H16N2O2S2. The number of hydrogen-bond donors (Lipinski definition) is 1. The fourth-order valence-corrected chi connectivity index (χ4v) is 3.19. The van der Waals surface area contributed by atoms with E-state index in [4.69, 9.17) is 4.74 Å². The molecule has 0 saturated carbocycles. The minimum atomic E-state index is -0.488. The Bertz CT molecular complexity index is 490. The van der Waals surface area contributed by atoms with E-state index in [9.17, 15) is 5.11 Å². The predicted octanol–water partition coefficient (Wildman–Crippen LogP) is 2.52. The fraction of sp³-hybridized carbons (Fsp3) is 0.385. The van der Waals surface area contributed by atoms with Crippen molar-refractivity contribution in [2.75, 3.05) is 12.4 Å². The maximum Gasteiger partial charge on any atom is 0.174 e. The minimum Gasteiger partial charge on any atom is -0.390 e. The molecule has 1 N–H and O–H groups in total. The van der Waals surface area contributed by atoms with Crippen LogP contribution >= 0.6 is 23.1 Å². The summed E-state index contributed by atoms with van der Waals surface area (Å²) in [6.07, 6.45) is -0.488. The maximum atomic E-state index is 9.81. The van der Waals surface area contributed by atoms with Crippen LogP contribution in [0.5, 0.6) is 0 Å². The van der Waals surface area contributed by atoms with Gasteiger partial charge in [-0.3, -0.25) is 0 Å². The summed E-state index contributed by atoms with van der Waals surface area (Å²) < 4.78 is 6.37. The van der Waals surface area contributed by atoms with E-state index in [-0.39, 0.29) is 0 Å². The molecule has 6 heteroatoms. The van der Waals surface area contributed by atoms with Crippen molar-refractivity contribution in [3.63, 3.8) is 0 Å². The molecule has 102 valence electrons. The first kappa shape index (κ1) is 14.5. The molecule has 0 amide bonds. The van der Waals surface area contributed by atoms with Gasteiger partial charge >= 0.3 is 0 Å². The molecule has 0 bridgehead atoms. The van der Waals surface area contributed by atoms with Crippen molar-refractivity contribution >= 4 is 23.1 Å². The molecule has 0 radical (unpaired) electrons. The molecule has 0 unspecified atom stereocenters. The standard InChI is InChI=1S/C13H16N2O2S2/c1-10-14-15-13(19-10)18-9-12(16)8-17-7-11-5-3-2-4-6-11/h2-6,12,16H,7-9H2,1H3/t12-/m1/s1. The molecule has 0 aliphatic rings. The van der Waals surface area contributed by atoms with Crippen molar-refractivity contribution in [2.45, 2.75) is 24.0 Å². The first-order valence-electron chi connectivity index (χ1n) is 5.96. The van der Waals surface area contributed by atoms with Crippen LogP contribution < -0.4 is 0 Å². The monoisotopic (exact) mass is 296 g/mol. The van der Waals surface area contributed by atoms with Crippen molar-refractivity contribution in [1.82, 2.24) is 10.2 Å². The van der Waals surface area contributed by atoms with Crippen molar-refractivity contribution < 1.29 is 9.84 Å². The number of hydrogen-bond acceptors (Lipinski definition) is 6. The zero-order valence-electron chi connectivity index (χ0n) is 10.7. The second-order valence-corrected chi connectivity index (χ2v) is 6.50. The number of aromatic nitrogens is 2. The van der Waals surface area contributed by atoms with E-state index < -0.39 is 6.10 Å². The predicted molar refractivity (Wildman–Crippen MR) is 77.5 cm³/mol. The summed E-state index contributed by atoms with van der Waals surface area (Å²) in [5, 5.41) is 18.7. The summed E-state index contributed by atoms with van der Waals surface area (Å²) in [5.41, 5.74) is 1.11. The molecule has 1 aromatic carbocycles. The maximum absolute atomic E-state index is 9.81. The summed E-state index contributed by atoms with van der Waals surface area (Å²) >= 11 is 3.05. The Labute approximate surface area is 120 Å². The SMILES string of the molecule is Cc1nnc(SC[C@H](O)COCc2ccccc2)s1. The van der Waals surface area contributed by atoms with Crippen LogP contribution in [-0.2, 0) is 11.3 Å². The molecule has 19 heavy (non-hydrogen) atoms. The Morgan fingerprint density at radius 2 is 2.11 bits per heavy atom. The second kappa shape index (κ2) is 7.59. The highest BCUT2D eigenvalue weighted by molar-refractivity contribution is 8.01. The summed E-state index contributed by atoms with van der Waals surface area (Å²) in [5.74, 6) is 0.573. The normalized spacial score (nSPS) is 12.5. The van der Waals surface area contributed by atoms with Gasteiger partial charge < -0.3 is 9.84 Å². The van der Waals surface area contributed by atoms with E-state index in [1.54, 1.807) is 0 Å². The van der Waals surface area contributed by atoms with E-state index >= 15 is 0 Å². The lowest BCUT2D eigenvalue weighted by Gasteiger charge is -2.09. The van der Waals surface area contributed by atoms with Gasteiger partial charge in [-0.05, 0) is 12.5 Å². The van der Waals surface area contributed by atoms with E-state index in [1.807, 2.05) is 37.3 Å². The quantitative estimate of drug-likeness (QED) is 0.796. The fourth-order valence-electron chi connectivity index (χ4n) is 1.44. The molecule has 0 spiro atoms. The average molecular weight is 296 g/mol. The number of thioether (sulfide) groups is 1. The van der Waals surface area contributed by atoms with E-state index in [2.05, 4.69) is 10.2 Å². The van der Waals surface area contributed by atoms with Crippen LogP contribution in [0.15, 0.2) is 34.7 Å². The Morgan fingerprint density at radius 3 is 2.79 bits per heavy atom. The molecule has 2 rings (SSSR count). The van der Waals surface area contributed by atoms with Gasteiger partial charge in [-0.25, -0.2) is 0 Å². The molecule has 0 aliphatic carbocycles. The van der Waals surface area contributed by atoms with Gasteiger partial charge in [-0.2, -0.15) is 0 Å². The topological polar surface area (TPSA) is 55.2 Å². The highest BCUT2D eigenvalue weighted by Gasteiger charge is 2.08. The molecule has 0 saturated heterocycles. The third kappa shape index (κ3) is 5.28. The molecule has 1 atom stereocenters. The van der Waals surface area contributed by atoms with Gasteiger partial charge in [-0.15, -0.1) is 10.2 Å². The number of ether oxygens (including phenoxy) is 1. The van der Waals surface area contributed by atoms with Crippen LogP contribution in [-0.4, -0.2) is 33.8 Å². The number of nitrogens with zero attached hydrogens (tertiary/aromatic N) is 2. The van der Waals surface area contributed by atoms with Crippen molar-refractivity contribution in [3.05, 3.63) is 40.9 Å². The van der Waals surface area contributed by atoms with Gasteiger partial charge in [0.1, 0.15) is 5.01 Å². The van der Waals surface area contributed by atoms with E-state index in [0.717, 1.165) is 14.9 Å². The number of aliphatic hydroxyl groups excluding tert-OH is 1. The van der Waals surface area contributed by atoms with Crippen molar-refractivity contribution in [2.24, 2.45) is 0 Å². The van der Waals surface area contributed by atoms with Crippen LogP contribution in [0.2, 0.25) is 0 Å². The summed E-state index contributed by atoms with van der Waals surface area (Å²) in [7, 11) is 0. The Morgan fingerprint density at radius 1 is 1.32 bits per heavy atom. The van der Waals surface area contributed by atoms with Gasteiger partial charge in [0.25, 0.3) is 0 Å². The van der Waals surface area contributed by atoms with Gasteiger partial charge in [0.2, 0.25) is 0 Å². The highest BCUT2D eigenvalue weighted by atomic mass is 32.2.